The lowest BCUT2D eigenvalue weighted by Crippen LogP contribution is -2.14. The fourth-order valence-corrected chi connectivity index (χ4v) is 2.32. The summed E-state index contributed by atoms with van der Waals surface area (Å²) < 4.78 is 39.3. The van der Waals surface area contributed by atoms with E-state index in [1.54, 1.807) is 11.9 Å². The average molecular weight is 344 g/mol. The molecule has 0 spiro atoms. The Labute approximate surface area is 143 Å². The molecule has 0 saturated heterocycles. The van der Waals surface area contributed by atoms with Gasteiger partial charge in [0.05, 0.1) is 11.3 Å². The van der Waals surface area contributed by atoms with Gasteiger partial charge in [-0.05, 0) is 30.3 Å². The first-order valence-electron chi connectivity index (χ1n) is 7.50. The quantitative estimate of drug-likeness (QED) is 0.722. The molecule has 3 aromatic rings. The summed E-state index contributed by atoms with van der Waals surface area (Å²) in [6.07, 6.45) is -2.94. The van der Waals surface area contributed by atoms with Crippen LogP contribution >= 0.6 is 0 Å². The molecule has 1 N–H and O–H groups in total. The fraction of sp³-hybridized carbons (Fsp3) is 0.111. The van der Waals surface area contributed by atoms with E-state index in [1.165, 1.54) is 30.5 Å². The number of aromatic nitrogens is 2. The highest BCUT2D eigenvalue weighted by Crippen LogP contribution is 2.35. The Hall–Kier alpha value is -3.09. The molecule has 0 atom stereocenters. The number of hydrogen-bond acceptors (Lipinski definition) is 4. The van der Waals surface area contributed by atoms with E-state index in [1.807, 2.05) is 30.3 Å². The molecule has 2 aromatic carbocycles. The Bertz CT molecular complexity index is 850. The molecule has 7 heteroatoms. The molecule has 0 bridgehead atoms. The van der Waals surface area contributed by atoms with E-state index in [-0.39, 0.29) is 11.5 Å². The number of halogens is 3. The van der Waals surface area contributed by atoms with Crippen molar-refractivity contribution in [3.8, 4) is 0 Å². The van der Waals surface area contributed by atoms with E-state index >= 15 is 0 Å². The van der Waals surface area contributed by atoms with E-state index in [0.717, 1.165) is 11.8 Å². The van der Waals surface area contributed by atoms with Crippen molar-refractivity contribution in [2.24, 2.45) is 0 Å². The smallest absolute Gasteiger partial charge is 0.340 e. The molecule has 0 unspecified atom stereocenters. The predicted octanol–water partition coefficient (Wildman–Crippen LogP) is 5.01. The van der Waals surface area contributed by atoms with Crippen molar-refractivity contribution in [2.45, 2.75) is 6.18 Å². The van der Waals surface area contributed by atoms with Crippen molar-refractivity contribution in [3.63, 3.8) is 0 Å². The largest absolute Gasteiger partial charge is 0.418 e. The van der Waals surface area contributed by atoms with Gasteiger partial charge in [0.25, 0.3) is 0 Å². The molecule has 0 radical (unpaired) electrons. The Morgan fingerprint density at radius 1 is 0.920 bits per heavy atom. The minimum Gasteiger partial charge on any atom is -0.340 e. The normalized spacial score (nSPS) is 11.2. The van der Waals surface area contributed by atoms with Gasteiger partial charge in [-0.2, -0.15) is 18.2 Å². The standard InChI is InChI=1S/C18H15F3N4/c1-25(13-7-3-2-4-8-13)17-22-12-11-16(24-17)23-15-10-6-5-9-14(15)18(19,20)21/h2-12H,1H3,(H,22,23,24). The maximum Gasteiger partial charge on any atom is 0.418 e. The molecule has 128 valence electrons. The summed E-state index contributed by atoms with van der Waals surface area (Å²) in [5.74, 6) is 0.658. The summed E-state index contributed by atoms with van der Waals surface area (Å²) in [5.41, 5.74) is 0.0731. The Morgan fingerprint density at radius 2 is 1.60 bits per heavy atom. The van der Waals surface area contributed by atoms with Crippen LogP contribution in [0.3, 0.4) is 0 Å². The predicted molar refractivity (Wildman–Crippen MR) is 91.3 cm³/mol. The van der Waals surface area contributed by atoms with Crippen LogP contribution in [0.5, 0.6) is 0 Å². The van der Waals surface area contributed by atoms with Crippen LogP contribution in [0.4, 0.5) is 36.3 Å². The summed E-state index contributed by atoms with van der Waals surface area (Å²) >= 11 is 0. The van der Waals surface area contributed by atoms with Crippen LogP contribution in [0.1, 0.15) is 5.56 Å². The van der Waals surface area contributed by atoms with Crippen LogP contribution in [0.2, 0.25) is 0 Å². The zero-order valence-corrected chi connectivity index (χ0v) is 13.3. The maximum absolute atomic E-state index is 13.1. The lowest BCUT2D eigenvalue weighted by atomic mass is 10.1. The number of nitrogens with zero attached hydrogens (tertiary/aromatic N) is 3. The Morgan fingerprint density at radius 3 is 2.32 bits per heavy atom. The minimum absolute atomic E-state index is 0.0537. The van der Waals surface area contributed by atoms with Gasteiger partial charge in [0.1, 0.15) is 5.82 Å². The topological polar surface area (TPSA) is 41.1 Å². The second kappa shape index (κ2) is 6.80. The van der Waals surface area contributed by atoms with E-state index in [0.29, 0.717) is 5.95 Å². The van der Waals surface area contributed by atoms with E-state index in [9.17, 15) is 13.2 Å². The fourth-order valence-electron chi connectivity index (χ4n) is 2.32. The van der Waals surface area contributed by atoms with Gasteiger partial charge in [0.2, 0.25) is 5.95 Å². The summed E-state index contributed by atoms with van der Waals surface area (Å²) in [6, 6.07) is 16.2. The Kier molecular flexibility index (Phi) is 4.56. The lowest BCUT2D eigenvalue weighted by molar-refractivity contribution is -0.136. The summed E-state index contributed by atoms with van der Waals surface area (Å²) in [7, 11) is 1.79. The molecule has 0 fully saturated rings. The second-order valence-electron chi connectivity index (χ2n) is 5.30. The molecular weight excluding hydrogens is 329 g/mol. The number of hydrogen-bond donors (Lipinski definition) is 1. The third-order valence-electron chi connectivity index (χ3n) is 3.58. The highest BCUT2D eigenvalue weighted by atomic mass is 19.4. The second-order valence-corrected chi connectivity index (χ2v) is 5.30. The monoisotopic (exact) mass is 344 g/mol. The van der Waals surface area contributed by atoms with Crippen LogP contribution in [-0.2, 0) is 6.18 Å². The van der Waals surface area contributed by atoms with Gasteiger partial charge in [0, 0.05) is 18.9 Å². The van der Waals surface area contributed by atoms with Gasteiger partial charge < -0.3 is 10.2 Å². The van der Waals surface area contributed by atoms with Crippen molar-refractivity contribution in [1.82, 2.24) is 9.97 Å². The maximum atomic E-state index is 13.1. The van der Waals surface area contributed by atoms with Crippen LogP contribution in [-0.4, -0.2) is 17.0 Å². The summed E-state index contributed by atoms with van der Waals surface area (Å²) in [5, 5.41) is 2.73. The average Bonchev–Trinajstić information content (AvgIpc) is 2.62. The van der Waals surface area contributed by atoms with Crippen LogP contribution < -0.4 is 10.2 Å². The number of alkyl halides is 3. The van der Waals surface area contributed by atoms with Crippen LogP contribution in [0, 0.1) is 0 Å². The summed E-state index contributed by atoms with van der Waals surface area (Å²) in [6.45, 7) is 0. The zero-order valence-electron chi connectivity index (χ0n) is 13.3. The number of benzene rings is 2. The van der Waals surface area contributed by atoms with Gasteiger partial charge in [0.15, 0.2) is 0 Å². The molecule has 0 aliphatic carbocycles. The van der Waals surface area contributed by atoms with E-state index in [2.05, 4.69) is 15.3 Å². The van der Waals surface area contributed by atoms with Gasteiger partial charge >= 0.3 is 6.18 Å². The molecular formula is C18H15F3N4. The molecule has 0 aliphatic rings. The first kappa shape index (κ1) is 16.8. The van der Waals surface area contributed by atoms with Crippen molar-refractivity contribution in [2.75, 3.05) is 17.3 Å². The van der Waals surface area contributed by atoms with Crippen LogP contribution in [0.25, 0.3) is 0 Å². The third-order valence-corrected chi connectivity index (χ3v) is 3.58. The summed E-state index contributed by atoms with van der Waals surface area (Å²) in [4.78, 5) is 10.2. The molecule has 0 aliphatic heterocycles. The van der Waals surface area contributed by atoms with E-state index < -0.39 is 11.7 Å². The Balaban J connectivity index is 1.89. The van der Waals surface area contributed by atoms with Gasteiger partial charge in [-0.25, -0.2) is 4.98 Å². The first-order chi connectivity index (χ1) is 11.9. The van der Waals surface area contributed by atoms with Gasteiger partial charge in [-0.15, -0.1) is 0 Å². The van der Waals surface area contributed by atoms with Gasteiger partial charge in [-0.3, -0.25) is 0 Å². The van der Waals surface area contributed by atoms with Crippen molar-refractivity contribution in [1.29, 1.82) is 0 Å². The minimum atomic E-state index is -4.44. The highest BCUT2D eigenvalue weighted by molar-refractivity contribution is 5.63. The number of anilines is 4. The van der Waals surface area contributed by atoms with Crippen molar-refractivity contribution >= 4 is 23.1 Å². The highest BCUT2D eigenvalue weighted by Gasteiger charge is 2.33. The number of nitrogens with one attached hydrogen (secondary N) is 1. The molecule has 0 amide bonds. The van der Waals surface area contributed by atoms with Crippen molar-refractivity contribution in [3.05, 3.63) is 72.4 Å². The molecule has 3 rings (SSSR count). The van der Waals surface area contributed by atoms with E-state index in [4.69, 9.17) is 0 Å². The zero-order chi connectivity index (χ0) is 17.9. The SMILES string of the molecule is CN(c1ccccc1)c1nccc(Nc2ccccc2C(F)(F)F)n1. The number of para-hydroxylation sites is 2. The molecule has 4 nitrogen and oxygen atoms in total. The first-order valence-corrected chi connectivity index (χ1v) is 7.50. The van der Waals surface area contributed by atoms with Crippen LogP contribution in [0.15, 0.2) is 66.9 Å². The molecule has 1 aromatic heterocycles. The van der Waals surface area contributed by atoms with Gasteiger partial charge in [-0.1, -0.05) is 30.3 Å². The molecule has 1 heterocycles. The van der Waals surface area contributed by atoms with Crippen molar-refractivity contribution < 1.29 is 13.2 Å². The molecule has 25 heavy (non-hydrogen) atoms. The number of rotatable bonds is 4. The molecule has 0 saturated carbocycles. The third kappa shape index (κ3) is 3.88. The lowest BCUT2D eigenvalue weighted by Gasteiger charge is -2.18.